The smallest absolute Gasteiger partial charge is 0.127 e. The van der Waals surface area contributed by atoms with Gasteiger partial charge in [-0.25, -0.2) is 0 Å². The lowest BCUT2D eigenvalue weighted by Crippen LogP contribution is -1.86. The molecular formula is C9H11ClNO2. The number of methoxy groups -OCH3 is 1. The van der Waals surface area contributed by atoms with Gasteiger partial charge in [0.25, 0.3) is 0 Å². The Morgan fingerprint density at radius 3 is 2.85 bits per heavy atom. The lowest BCUT2D eigenvalue weighted by molar-refractivity contribution is 0.215. The molecule has 0 aliphatic rings. The average molecular weight is 201 g/mol. The first-order valence-electron chi connectivity index (χ1n) is 3.49. The number of oxime groups is 1. The average Bonchev–Trinajstić information content (AvgIpc) is 2.15. The normalized spacial score (nSPS) is 9.38. The highest BCUT2D eigenvalue weighted by atomic mass is 35.5. The molecular weight excluding hydrogens is 190 g/mol. The van der Waals surface area contributed by atoms with Crippen molar-refractivity contribution in [3.63, 3.8) is 0 Å². The molecule has 1 rings (SSSR count). The summed E-state index contributed by atoms with van der Waals surface area (Å²) >= 11 is 0. The summed E-state index contributed by atoms with van der Waals surface area (Å²) in [5.74, 6) is 0.690. The number of rotatable bonds is 3. The molecule has 0 amide bonds. The van der Waals surface area contributed by atoms with E-state index in [9.17, 15) is 0 Å². The number of hydrogen-bond acceptors (Lipinski definition) is 3. The molecule has 0 aromatic heterocycles. The first-order chi connectivity index (χ1) is 5.86. The van der Waals surface area contributed by atoms with Gasteiger partial charge in [-0.1, -0.05) is 11.2 Å². The minimum Gasteiger partial charge on any atom is -0.496 e. The Balaban J connectivity index is 0.00000144. The second kappa shape index (κ2) is 6.31. The van der Waals surface area contributed by atoms with Gasteiger partial charge in [0.05, 0.1) is 13.3 Å². The molecule has 0 unspecified atom stereocenters. The maximum Gasteiger partial charge on any atom is 0.127 e. The zero-order valence-electron chi connectivity index (χ0n) is 7.48. The molecule has 0 aliphatic carbocycles. The molecule has 0 saturated heterocycles. The van der Waals surface area contributed by atoms with Crippen molar-refractivity contribution in [3.8, 4) is 5.75 Å². The fourth-order valence-electron chi connectivity index (χ4n) is 0.773. The molecule has 0 atom stereocenters. The quantitative estimate of drug-likeness (QED) is 0.551. The summed E-state index contributed by atoms with van der Waals surface area (Å²) < 4.78 is 4.98. The summed E-state index contributed by atoms with van der Waals surface area (Å²) in [5, 5.41) is 3.62. The molecule has 71 valence electrons. The van der Waals surface area contributed by atoms with Crippen LogP contribution in [0.15, 0.2) is 23.4 Å². The van der Waals surface area contributed by atoms with E-state index in [2.05, 4.69) is 16.1 Å². The van der Waals surface area contributed by atoms with Gasteiger partial charge in [0.1, 0.15) is 12.9 Å². The second-order valence-corrected chi connectivity index (χ2v) is 2.11. The summed E-state index contributed by atoms with van der Waals surface area (Å²) in [7, 11) is 3.10. The molecule has 4 heteroatoms. The number of halogens is 1. The van der Waals surface area contributed by atoms with E-state index in [1.807, 2.05) is 12.1 Å². The topological polar surface area (TPSA) is 30.8 Å². The molecule has 0 N–H and O–H groups in total. The highest BCUT2D eigenvalue weighted by Gasteiger charge is 1.91. The zero-order chi connectivity index (χ0) is 8.81. The van der Waals surface area contributed by atoms with Gasteiger partial charge >= 0.3 is 0 Å². The van der Waals surface area contributed by atoms with E-state index in [0.717, 1.165) is 5.56 Å². The third kappa shape index (κ3) is 3.80. The van der Waals surface area contributed by atoms with Crippen molar-refractivity contribution in [1.82, 2.24) is 0 Å². The fraction of sp³-hybridized carbons (Fsp3) is 0.222. The number of benzene rings is 1. The lowest BCUT2D eigenvalue weighted by atomic mass is 10.2. The lowest BCUT2D eigenvalue weighted by Gasteiger charge is -1.98. The molecule has 3 nitrogen and oxygen atoms in total. The van der Waals surface area contributed by atoms with Crippen molar-refractivity contribution < 1.29 is 9.57 Å². The first-order valence-corrected chi connectivity index (χ1v) is 3.49. The maximum absolute atomic E-state index is 4.98. The van der Waals surface area contributed by atoms with Gasteiger partial charge in [-0.2, -0.15) is 0 Å². The van der Waals surface area contributed by atoms with Crippen LogP contribution >= 0.6 is 12.4 Å². The largest absolute Gasteiger partial charge is 0.496 e. The molecule has 1 aromatic rings. The maximum atomic E-state index is 4.98. The van der Waals surface area contributed by atoms with Crippen LogP contribution in [-0.2, 0) is 4.84 Å². The van der Waals surface area contributed by atoms with Crippen LogP contribution < -0.4 is 4.74 Å². The Hall–Kier alpha value is -1.22. The molecule has 0 aliphatic heterocycles. The van der Waals surface area contributed by atoms with Crippen LogP contribution in [0.3, 0.4) is 0 Å². The van der Waals surface area contributed by atoms with Crippen molar-refractivity contribution in [1.29, 1.82) is 0 Å². The fourth-order valence-corrected chi connectivity index (χ4v) is 0.773. The Kier molecular flexibility index (Phi) is 5.72. The molecule has 0 heterocycles. The van der Waals surface area contributed by atoms with Crippen molar-refractivity contribution >= 4 is 18.6 Å². The Morgan fingerprint density at radius 1 is 1.46 bits per heavy atom. The first kappa shape index (κ1) is 11.8. The summed E-state index contributed by atoms with van der Waals surface area (Å²) in [6.45, 7) is 0. The van der Waals surface area contributed by atoms with E-state index >= 15 is 0 Å². The summed E-state index contributed by atoms with van der Waals surface area (Å²) in [5.41, 5.74) is 0.924. The van der Waals surface area contributed by atoms with Crippen LogP contribution in [0.4, 0.5) is 0 Å². The third-order valence-corrected chi connectivity index (χ3v) is 1.33. The van der Waals surface area contributed by atoms with Crippen molar-refractivity contribution in [3.05, 3.63) is 29.8 Å². The van der Waals surface area contributed by atoms with E-state index < -0.39 is 0 Å². The van der Waals surface area contributed by atoms with Crippen LogP contribution in [0.1, 0.15) is 5.56 Å². The van der Waals surface area contributed by atoms with E-state index in [4.69, 9.17) is 4.74 Å². The number of ether oxygens (including phenoxy) is 1. The second-order valence-electron chi connectivity index (χ2n) is 2.11. The molecule has 1 aromatic carbocycles. The predicted octanol–water partition coefficient (Wildman–Crippen LogP) is 1.90. The van der Waals surface area contributed by atoms with Crippen LogP contribution in [0.25, 0.3) is 0 Å². The number of hydrogen-bond donors (Lipinski definition) is 0. The molecule has 0 saturated carbocycles. The third-order valence-electron chi connectivity index (χ3n) is 1.33. The summed E-state index contributed by atoms with van der Waals surface area (Å²) in [4.78, 5) is 4.54. The van der Waals surface area contributed by atoms with Gasteiger partial charge in [-0.15, -0.1) is 12.4 Å². The molecule has 0 spiro atoms. The minimum atomic E-state index is 0. The SMILES string of the molecule is CON=Cc1cc[c]c(OC)c1.Cl. The van der Waals surface area contributed by atoms with Crippen LogP contribution in [0.2, 0.25) is 0 Å². The highest BCUT2D eigenvalue weighted by Crippen LogP contribution is 2.09. The van der Waals surface area contributed by atoms with Crippen LogP contribution in [0, 0.1) is 6.07 Å². The highest BCUT2D eigenvalue weighted by molar-refractivity contribution is 5.85. The van der Waals surface area contributed by atoms with Gasteiger partial charge in [0.2, 0.25) is 0 Å². The van der Waals surface area contributed by atoms with Crippen molar-refractivity contribution in [2.45, 2.75) is 0 Å². The zero-order valence-corrected chi connectivity index (χ0v) is 8.30. The van der Waals surface area contributed by atoms with Crippen molar-refractivity contribution in [2.24, 2.45) is 5.16 Å². The Labute approximate surface area is 83.8 Å². The van der Waals surface area contributed by atoms with Crippen LogP contribution in [-0.4, -0.2) is 20.4 Å². The van der Waals surface area contributed by atoms with Gasteiger partial charge in [0.15, 0.2) is 0 Å². The van der Waals surface area contributed by atoms with Crippen molar-refractivity contribution in [2.75, 3.05) is 14.2 Å². The minimum absolute atomic E-state index is 0. The van der Waals surface area contributed by atoms with Gasteiger partial charge in [-0.3, -0.25) is 0 Å². The van der Waals surface area contributed by atoms with Crippen LogP contribution in [0.5, 0.6) is 5.75 Å². The molecule has 13 heavy (non-hydrogen) atoms. The summed E-state index contributed by atoms with van der Waals surface area (Å²) in [6.07, 6.45) is 1.61. The molecule has 0 fully saturated rings. The van der Waals surface area contributed by atoms with E-state index in [0.29, 0.717) is 5.75 Å². The number of nitrogens with zero attached hydrogens (tertiary/aromatic N) is 1. The monoisotopic (exact) mass is 200 g/mol. The van der Waals surface area contributed by atoms with Gasteiger partial charge < -0.3 is 9.57 Å². The Morgan fingerprint density at radius 2 is 2.23 bits per heavy atom. The van der Waals surface area contributed by atoms with E-state index in [1.165, 1.54) is 7.11 Å². The van der Waals surface area contributed by atoms with Gasteiger partial charge in [-0.05, 0) is 17.7 Å². The van der Waals surface area contributed by atoms with Gasteiger partial charge in [0, 0.05) is 6.07 Å². The van der Waals surface area contributed by atoms with E-state index in [1.54, 1.807) is 19.4 Å². The Bertz CT molecular complexity index is 276. The molecule has 0 bridgehead atoms. The standard InChI is InChI=1S/C9H10NO2.ClH/c1-11-9-5-3-4-8(6-9)7-10-12-2;/h3-4,6-7H,1-2H3;1H. The molecule has 1 radical (unpaired) electrons. The predicted molar refractivity (Wildman–Crippen MR) is 53.7 cm³/mol. The summed E-state index contributed by atoms with van der Waals surface area (Å²) in [6, 6.07) is 8.37. The van der Waals surface area contributed by atoms with E-state index in [-0.39, 0.29) is 12.4 Å².